The second kappa shape index (κ2) is 7.61. The van der Waals surface area contributed by atoms with E-state index in [9.17, 15) is 0 Å². The van der Waals surface area contributed by atoms with Gasteiger partial charge < -0.3 is 10.2 Å². The summed E-state index contributed by atoms with van der Waals surface area (Å²) in [5.74, 6) is 1.19. The van der Waals surface area contributed by atoms with Crippen molar-refractivity contribution in [2.45, 2.75) is 25.2 Å². The molecule has 1 aromatic rings. The Bertz CT molecular complexity index is 423. The number of nitrogens with one attached hydrogen (secondary N) is 1. The van der Waals surface area contributed by atoms with Crippen molar-refractivity contribution < 1.29 is 0 Å². The fourth-order valence-electron chi connectivity index (χ4n) is 2.39. The maximum absolute atomic E-state index is 3.42. The molecule has 0 amide bonds. The van der Waals surface area contributed by atoms with Crippen molar-refractivity contribution in [3.8, 4) is 0 Å². The maximum atomic E-state index is 3.42. The molecule has 0 atom stereocenters. The van der Waals surface area contributed by atoms with Gasteiger partial charge >= 0.3 is 0 Å². The molecule has 1 aromatic carbocycles. The molecular formula is C16H24N2S. The van der Waals surface area contributed by atoms with Crippen molar-refractivity contribution in [2.75, 3.05) is 36.8 Å². The Balaban J connectivity index is 2.29. The zero-order valence-electron chi connectivity index (χ0n) is 12.0. The van der Waals surface area contributed by atoms with Crippen molar-refractivity contribution in [3.05, 3.63) is 29.8 Å². The minimum absolute atomic E-state index is 1.08. The zero-order chi connectivity index (χ0) is 13.5. The summed E-state index contributed by atoms with van der Waals surface area (Å²) in [5.41, 5.74) is 2.78. The number of thioether (sulfide) groups is 1. The molecular weight excluding hydrogens is 252 g/mol. The van der Waals surface area contributed by atoms with Gasteiger partial charge in [0.2, 0.25) is 0 Å². The maximum Gasteiger partial charge on any atom is 0.0451 e. The van der Waals surface area contributed by atoms with E-state index in [-0.39, 0.29) is 0 Å². The number of nitrogens with zero attached hydrogens (tertiary/aromatic N) is 1. The lowest BCUT2D eigenvalue weighted by Gasteiger charge is -2.31. The third-order valence-corrected chi connectivity index (χ3v) is 4.58. The highest BCUT2D eigenvalue weighted by Gasteiger charge is 2.15. The van der Waals surface area contributed by atoms with Crippen LogP contribution in [0, 0.1) is 0 Å². The highest BCUT2D eigenvalue weighted by Crippen LogP contribution is 2.32. The molecule has 0 aromatic heterocycles. The number of allylic oxidation sites excluding steroid dienone is 1. The van der Waals surface area contributed by atoms with Gasteiger partial charge in [-0.25, -0.2) is 0 Å². The van der Waals surface area contributed by atoms with Crippen molar-refractivity contribution in [1.82, 2.24) is 5.32 Å². The average molecular weight is 276 g/mol. The number of rotatable bonds is 5. The van der Waals surface area contributed by atoms with Gasteiger partial charge in [0.1, 0.15) is 0 Å². The predicted octanol–water partition coefficient (Wildman–Crippen LogP) is 3.63. The molecule has 2 rings (SSSR count). The predicted molar refractivity (Wildman–Crippen MR) is 87.2 cm³/mol. The van der Waals surface area contributed by atoms with Crippen LogP contribution in [0.2, 0.25) is 0 Å². The molecule has 0 radical (unpaired) electrons. The molecule has 1 fully saturated rings. The molecule has 0 unspecified atom stereocenters. The van der Waals surface area contributed by atoms with Crippen LogP contribution < -0.4 is 10.2 Å². The van der Waals surface area contributed by atoms with Gasteiger partial charge in [-0.2, -0.15) is 0 Å². The van der Waals surface area contributed by atoms with Gasteiger partial charge in [-0.15, -0.1) is 11.8 Å². The van der Waals surface area contributed by atoms with Crippen LogP contribution >= 0.6 is 11.8 Å². The van der Waals surface area contributed by atoms with E-state index in [0.29, 0.717) is 0 Å². The number of piperazine rings is 1. The SMILES string of the molecule is CC=Cc1c(SCCC)cccc1N1CCNCC1. The number of hydrogen-bond donors (Lipinski definition) is 1. The first kappa shape index (κ1) is 14.5. The summed E-state index contributed by atoms with van der Waals surface area (Å²) < 4.78 is 0. The first-order chi connectivity index (χ1) is 9.36. The van der Waals surface area contributed by atoms with E-state index in [1.165, 1.54) is 28.3 Å². The average Bonchev–Trinajstić information content (AvgIpc) is 2.47. The van der Waals surface area contributed by atoms with Gasteiger partial charge in [0.15, 0.2) is 0 Å². The van der Waals surface area contributed by atoms with Gasteiger partial charge in [-0.1, -0.05) is 25.1 Å². The summed E-state index contributed by atoms with van der Waals surface area (Å²) >= 11 is 1.97. The van der Waals surface area contributed by atoms with E-state index in [4.69, 9.17) is 0 Å². The molecule has 1 N–H and O–H groups in total. The van der Waals surface area contributed by atoms with Gasteiger partial charge in [0.25, 0.3) is 0 Å². The van der Waals surface area contributed by atoms with Crippen LogP contribution in [0.1, 0.15) is 25.8 Å². The molecule has 1 aliphatic heterocycles. The lowest BCUT2D eigenvalue weighted by Crippen LogP contribution is -2.43. The molecule has 1 aliphatic rings. The van der Waals surface area contributed by atoms with Crippen LogP contribution in [-0.2, 0) is 0 Å². The summed E-state index contributed by atoms with van der Waals surface area (Å²) in [6, 6.07) is 6.71. The Morgan fingerprint density at radius 3 is 2.79 bits per heavy atom. The summed E-state index contributed by atoms with van der Waals surface area (Å²) in [6.45, 7) is 8.72. The highest BCUT2D eigenvalue weighted by atomic mass is 32.2. The Morgan fingerprint density at radius 1 is 1.32 bits per heavy atom. The van der Waals surface area contributed by atoms with E-state index >= 15 is 0 Å². The molecule has 104 valence electrons. The number of benzene rings is 1. The van der Waals surface area contributed by atoms with Crippen LogP contribution in [0.15, 0.2) is 29.2 Å². The van der Waals surface area contributed by atoms with E-state index in [1.54, 1.807) is 0 Å². The van der Waals surface area contributed by atoms with Crippen LogP contribution in [0.5, 0.6) is 0 Å². The molecule has 0 aliphatic carbocycles. The lowest BCUT2D eigenvalue weighted by atomic mass is 10.1. The molecule has 19 heavy (non-hydrogen) atoms. The number of hydrogen-bond acceptors (Lipinski definition) is 3. The van der Waals surface area contributed by atoms with Gasteiger partial charge in [0.05, 0.1) is 0 Å². The smallest absolute Gasteiger partial charge is 0.0451 e. The fourth-order valence-corrected chi connectivity index (χ4v) is 3.31. The van der Waals surface area contributed by atoms with Crippen molar-refractivity contribution in [3.63, 3.8) is 0 Å². The lowest BCUT2D eigenvalue weighted by molar-refractivity contribution is 0.588. The van der Waals surface area contributed by atoms with Crippen molar-refractivity contribution in [1.29, 1.82) is 0 Å². The van der Waals surface area contributed by atoms with Gasteiger partial charge in [-0.3, -0.25) is 0 Å². The van der Waals surface area contributed by atoms with Crippen LogP contribution in [-0.4, -0.2) is 31.9 Å². The third kappa shape index (κ3) is 3.77. The normalized spacial score (nSPS) is 16.2. The second-order valence-corrected chi connectivity index (χ2v) is 5.91. The molecule has 0 spiro atoms. The molecule has 0 saturated carbocycles. The minimum atomic E-state index is 1.08. The van der Waals surface area contributed by atoms with Crippen molar-refractivity contribution >= 4 is 23.5 Å². The summed E-state index contributed by atoms with van der Waals surface area (Å²) in [7, 11) is 0. The fraction of sp³-hybridized carbons (Fsp3) is 0.500. The van der Waals surface area contributed by atoms with Crippen LogP contribution in [0.3, 0.4) is 0 Å². The van der Waals surface area contributed by atoms with E-state index in [2.05, 4.69) is 54.4 Å². The Labute approximate surface area is 121 Å². The summed E-state index contributed by atoms with van der Waals surface area (Å²) in [4.78, 5) is 3.91. The zero-order valence-corrected chi connectivity index (χ0v) is 12.8. The quantitative estimate of drug-likeness (QED) is 0.827. The first-order valence-corrected chi connectivity index (χ1v) is 8.19. The Hall–Kier alpha value is -0.930. The highest BCUT2D eigenvalue weighted by molar-refractivity contribution is 7.99. The largest absolute Gasteiger partial charge is 0.368 e. The molecule has 1 heterocycles. The van der Waals surface area contributed by atoms with E-state index in [0.717, 1.165) is 26.2 Å². The van der Waals surface area contributed by atoms with Crippen molar-refractivity contribution in [2.24, 2.45) is 0 Å². The van der Waals surface area contributed by atoms with Crippen LogP contribution in [0.25, 0.3) is 6.08 Å². The topological polar surface area (TPSA) is 15.3 Å². The minimum Gasteiger partial charge on any atom is -0.368 e. The molecule has 0 bridgehead atoms. The molecule has 1 saturated heterocycles. The summed E-state index contributed by atoms with van der Waals surface area (Å²) in [6.07, 6.45) is 5.63. The van der Waals surface area contributed by atoms with Gasteiger partial charge in [0, 0.05) is 42.3 Å². The van der Waals surface area contributed by atoms with E-state index < -0.39 is 0 Å². The summed E-state index contributed by atoms with van der Waals surface area (Å²) in [5, 5.41) is 3.42. The van der Waals surface area contributed by atoms with E-state index in [1.807, 2.05) is 11.8 Å². The monoisotopic (exact) mass is 276 g/mol. The molecule has 3 heteroatoms. The third-order valence-electron chi connectivity index (χ3n) is 3.30. The van der Waals surface area contributed by atoms with Crippen LogP contribution in [0.4, 0.5) is 5.69 Å². The second-order valence-electron chi connectivity index (χ2n) is 4.77. The molecule has 2 nitrogen and oxygen atoms in total. The Kier molecular flexibility index (Phi) is 5.80. The number of anilines is 1. The Morgan fingerprint density at radius 2 is 2.11 bits per heavy atom. The van der Waals surface area contributed by atoms with Gasteiger partial charge in [-0.05, 0) is 31.2 Å². The standard InChI is InChI=1S/C16H24N2S/c1-3-6-14-15(18-11-9-17-10-12-18)7-5-8-16(14)19-13-4-2/h3,5-8,17H,4,9-13H2,1-2H3. The first-order valence-electron chi connectivity index (χ1n) is 7.21.